The number of primary amides is 1. The average Bonchev–Trinajstić information content (AvgIpc) is 3.36. The van der Waals surface area contributed by atoms with E-state index in [0.29, 0.717) is 17.0 Å². The normalized spacial score (nSPS) is 27.6. The van der Waals surface area contributed by atoms with Gasteiger partial charge in [0.25, 0.3) is 5.91 Å². The molecule has 3 aliphatic carbocycles. The SMILES string of the molecule is C[C@H]1c2ccc(NCCC(=O)Nc3cc4c5c(c3)OC=COB5OC4)c(O)c2C(=O)C2=C(O)[C@]3(O)C(=O)C(C(N)=O)=C(O)[C@@H](N(C)C)[C@@H]3[C@@H](O)[C@@H]21. The lowest BCUT2D eigenvalue weighted by Gasteiger charge is -2.53. The van der Waals surface area contributed by atoms with Crippen molar-refractivity contribution in [3.05, 3.63) is 76.1 Å². The summed E-state index contributed by atoms with van der Waals surface area (Å²) in [5.41, 5.74) is 3.06. The summed E-state index contributed by atoms with van der Waals surface area (Å²) in [6.45, 7) is 1.95. The number of benzene rings is 2. The summed E-state index contributed by atoms with van der Waals surface area (Å²) >= 11 is 0. The van der Waals surface area contributed by atoms with Crippen LogP contribution in [0.25, 0.3) is 0 Å². The first-order valence-electron chi connectivity index (χ1n) is 16.2. The highest BCUT2D eigenvalue weighted by Crippen LogP contribution is 2.56. The predicted octanol–water partition coefficient (Wildman–Crippen LogP) is 0.199. The van der Waals surface area contributed by atoms with Gasteiger partial charge < -0.3 is 55.9 Å². The molecule has 0 aromatic heterocycles. The number of phenolic OH excluding ortho intramolecular Hbond substituents is 1. The second-order valence-electron chi connectivity index (χ2n) is 13.4. The molecular formula is C34H35BN4O12. The summed E-state index contributed by atoms with van der Waals surface area (Å²) in [7, 11) is 2.34. The Morgan fingerprint density at radius 3 is 2.59 bits per heavy atom. The van der Waals surface area contributed by atoms with Gasteiger partial charge in [-0.15, -0.1) is 0 Å². The number of nitrogens with one attached hydrogen (secondary N) is 2. The van der Waals surface area contributed by atoms with Gasteiger partial charge in [-0.3, -0.25) is 24.1 Å². The number of rotatable bonds is 7. The van der Waals surface area contributed by atoms with Gasteiger partial charge in [-0.05, 0) is 43.3 Å². The number of ketones is 2. The number of carbonyl (C=O) groups is 4. The van der Waals surface area contributed by atoms with Crippen LogP contribution in [0.5, 0.6) is 11.5 Å². The lowest BCUT2D eigenvalue weighted by atomic mass is 9.55. The van der Waals surface area contributed by atoms with E-state index in [2.05, 4.69) is 10.6 Å². The summed E-state index contributed by atoms with van der Waals surface area (Å²) in [5, 5.41) is 63.2. The van der Waals surface area contributed by atoms with Crippen LogP contribution in [0.1, 0.15) is 40.7 Å². The van der Waals surface area contributed by atoms with E-state index in [1.54, 1.807) is 25.1 Å². The number of aliphatic hydroxyl groups excluding tert-OH is 3. The summed E-state index contributed by atoms with van der Waals surface area (Å²) in [6.07, 6.45) is 1.00. The topological polar surface area (TPSA) is 250 Å². The number of nitrogens with two attached hydrogens (primary N) is 1. The third-order valence-electron chi connectivity index (χ3n) is 10.4. The number of hydrogen-bond donors (Lipinski definition) is 8. The molecule has 0 spiro atoms. The number of Topliss-reactive ketones (excluding diaryl/α,β-unsaturated/α-hetero) is 2. The Morgan fingerprint density at radius 2 is 1.88 bits per heavy atom. The van der Waals surface area contributed by atoms with E-state index in [1.807, 2.05) is 0 Å². The Morgan fingerprint density at radius 1 is 1.14 bits per heavy atom. The molecule has 266 valence electrons. The van der Waals surface area contributed by atoms with Gasteiger partial charge in [-0.2, -0.15) is 0 Å². The number of likely N-dealkylation sites (N-methyl/N-ethyl adjacent to an activating group) is 1. The first kappa shape index (κ1) is 34.1. The number of phenols is 1. The summed E-state index contributed by atoms with van der Waals surface area (Å²) in [6, 6.07) is 5.13. The van der Waals surface area contributed by atoms with Crippen LogP contribution in [-0.2, 0) is 30.3 Å². The van der Waals surface area contributed by atoms with Crippen molar-refractivity contribution in [3.63, 3.8) is 0 Å². The van der Waals surface area contributed by atoms with Gasteiger partial charge in [0.05, 0.1) is 42.2 Å². The van der Waals surface area contributed by atoms with E-state index in [0.717, 1.165) is 11.0 Å². The zero-order chi connectivity index (χ0) is 36.7. The summed E-state index contributed by atoms with van der Waals surface area (Å²) in [5.74, 6) is -9.62. The smallest absolute Gasteiger partial charge is 0.535 e. The fraction of sp³-hybridized carbons (Fsp3) is 0.353. The van der Waals surface area contributed by atoms with Crippen LogP contribution in [-0.4, -0.2) is 99.3 Å². The van der Waals surface area contributed by atoms with Crippen molar-refractivity contribution < 1.29 is 58.8 Å². The molecule has 16 nitrogen and oxygen atoms in total. The lowest BCUT2D eigenvalue weighted by molar-refractivity contribution is -0.162. The van der Waals surface area contributed by atoms with Gasteiger partial charge in [-0.1, -0.05) is 13.0 Å². The fourth-order valence-electron chi connectivity index (χ4n) is 8.10. The van der Waals surface area contributed by atoms with Gasteiger partial charge in [0, 0.05) is 41.7 Å². The number of amides is 2. The third kappa shape index (κ3) is 4.98. The highest BCUT2D eigenvalue weighted by atomic mass is 16.6. The van der Waals surface area contributed by atoms with Gasteiger partial charge in [0.15, 0.2) is 11.4 Å². The van der Waals surface area contributed by atoms with Crippen LogP contribution in [0, 0.1) is 11.8 Å². The first-order valence-corrected chi connectivity index (χ1v) is 16.2. The quantitative estimate of drug-likeness (QED) is 0.109. The zero-order valence-corrected chi connectivity index (χ0v) is 27.7. The number of hydrogen-bond acceptors (Lipinski definition) is 14. The molecule has 0 bridgehead atoms. The van der Waals surface area contributed by atoms with Crippen molar-refractivity contribution in [1.82, 2.24) is 4.90 Å². The second kappa shape index (κ2) is 12.2. The Balaban J connectivity index is 1.14. The Hall–Kier alpha value is -5.36. The van der Waals surface area contributed by atoms with Crippen LogP contribution < -0.4 is 26.6 Å². The van der Waals surface area contributed by atoms with E-state index < -0.39 is 88.5 Å². The van der Waals surface area contributed by atoms with E-state index in [1.165, 1.54) is 37.6 Å². The van der Waals surface area contributed by atoms with Crippen LogP contribution in [0.15, 0.2) is 59.5 Å². The molecule has 0 saturated heterocycles. The van der Waals surface area contributed by atoms with Crippen LogP contribution in [0.3, 0.4) is 0 Å². The molecule has 2 aromatic rings. The highest BCUT2D eigenvalue weighted by Gasteiger charge is 2.67. The van der Waals surface area contributed by atoms with E-state index in [9.17, 15) is 44.7 Å². The van der Waals surface area contributed by atoms with Gasteiger partial charge in [-0.25, -0.2) is 0 Å². The molecule has 2 aromatic carbocycles. The minimum atomic E-state index is -3.01. The average molecular weight is 702 g/mol. The van der Waals surface area contributed by atoms with Crippen LogP contribution in [0.2, 0.25) is 0 Å². The van der Waals surface area contributed by atoms with Crippen LogP contribution >= 0.6 is 0 Å². The number of fused-ring (bicyclic) bond motifs is 3. The molecule has 0 unspecified atom stereocenters. The molecule has 2 heterocycles. The Bertz CT molecular complexity index is 2010. The molecule has 7 rings (SSSR count). The molecular weight excluding hydrogens is 667 g/mol. The summed E-state index contributed by atoms with van der Waals surface area (Å²) < 4.78 is 16.7. The largest absolute Gasteiger partial charge is 0.566 e. The number of carbonyl (C=O) groups excluding carboxylic acids is 4. The number of ether oxygens (including phenoxy) is 1. The maximum Gasteiger partial charge on any atom is 0.566 e. The molecule has 17 heteroatoms. The summed E-state index contributed by atoms with van der Waals surface area (Å²) in [4.78, 5) is 54.2. The third-order valence-corrected chi connectivity index (χ3v) is 10.4. The maximum atomic E-state index is 14.1. The Labute approximate surface area is 290 Å². The van der Waals surface area contributed by atoms with Crippen molar-refractivity contribution in [2.45, 2.75) is 43.6 Å². The molecule has 2 aliphatic heterocycles. The van der Waals surface area contributed by atoms with Crippen molar-refractivity contribution >= 4 is 47.3 Å². The number of nitrogens with zero attached hydrogens (tertiary/aromatic N) is 1. The van der Waals surface area contributed by atoms with Crippen LogP contribution in [0.4, 0.5) is 11.4 Å². The molecule has 51 heavy (non-hydrogen) atoms. The lowest BCUT2D eigenvalue weighted by Crippen LogP contribution is -2.68. The fourth-order valence-corrected chi connectivity index (χ4v) is 8.10. The molecule has 2 amide bonds. The van der Waals surface area contributed by atoms with E-state index in [-0.39, 0.29) is 36.7 Å². The molecule has 5 aliphatic rings. The number of aromatic hydroxyl groups is 1. The predicted molar refractivity (Wildman–Crippen MR) is 179 cm³/mol. The second-order valence-corrected chi connectivity index (χ2v) is 13.4. The molecule has 6 atom stereocenters. The van der Waals surface area contributed by atoms with E-state index in [4.69, 9.17) is 19.8 Å². The minimum absolute atomic E-state index is 0.0286. The Kier molecular flexibility index (Phi) is 8.13. The molecule has 0 fully saturated rings. The van der Waals surface area contributed by atoms with Gasteiger partial charge in [0.2, 0.25) is 11.7 Å². The maximum absolute atomic E-state index is 14.1. The highest BCUT2D eigenvalue weighted by molar-refractivity contribution is 6.64. The molecule has 9 N–H and O–H groups in total. The van der Waals surface area contributed by atoms with Gasteiger partial charge >= 0.3 is 7.12 Å². The molecule has 0 radical (unpaired) electrons. The first-order chi connectivity index (χ1) is 24.2. The van der Waals surface area contributed by atoms with Crippen molar-refractivity contribution in [3.8, 4) is 11.5 Å². The van der Waals surface area contributed by atoms with E-state index >= 15 is 0 Å². The zero-order valence-electron chi connectivity index (χ0n) is 27.7. The van der Waals surface area contributed by atoms with Crippen molar-refractivity contribution in [2.75, 3.05) is 31.3 Å². The minimum Gasteiger partial charge on any atom is -0.535 e. The van der Waals surface area contributed by atoms with Crippen molar-refractivity contribution in [2.24, 2.45) is 17.6 Å². The standard InChI is InChI=1S/C34H35BN4O12/c1-13-16-4-5-17(37-7-6-19(40)38-15-10-14-12-51-35-25(14)18(11-15)49-8-9-50-35)27(41)21(16)28(42)22-20(13)29(43)24-26(39(2)3)30(44)23(33(36)47)32(46)34(24,48)31(22)45/h4-5,8-11,13,20,24,26,29,37,41,43-45,48H,6-7,12H2,1-3H3,(H2,36,47)(H,38,40)/t13-,20+,24+,26-,29-,34-/m0/s1. The van der Waals surface area contributed by atoms with Crippen molar-refractivity contribution in [1.29, 1.82) is 0 Å². The number of anilines is 2. The van der Waals surface area contributed by atoms with Gasteiger partial charge in [0.1, 0.15) is 34.9 Å². The number of aliphatic hydroxyl groups is 4. The molecule has 0 saturated carbocycles. The monoisotopic (exact) mass is 702 g/mol.